The van der Waals surface area contributed by atoms with Gasteiger partial charge < -0.3 is 10.6 Å². The van der Waals surface area contributed by atoms with Crippen LogP contribution in [0.3, 0.4) is 0 Å². The standard InChI is InChI=1S/C8H15BN2O/c9-7-3-6(7)8(12)11-5-1-2-10-4-5/h5-7,10H,1-4,9H2,(H,11,12). The number of carbonyl (C=O) groups excluding carboxylic acids is 1. The molecule has 1 saturated heterocycles. The molecule has 0 radical (unpaired) electrons. The van der Waals surface area contributed by atoms with Crippen molar-refractivity contribution >= 4 is 13.8 Å². The lowest BCUT2D eigenvalue weighted by atomic mass is 10.00. The van der Waals surface area contributed by atoms with E-state index in [1.807, 2.05) is 0 Å². The second-order valence-electron chi connectivity index (χ2n) is 4.02. The fourth-order valence-electron chi connectivity index (χ4n) is 1.77. The van der Waals surface area contributed by atoms with E-state index in [9.17, 15) is 4.79 Å². The Labute approximate surface area is 73.7 Å². The average Bonchev–Trinajstić information content (AvgIpc) is 2.58. The maximum Gasteiger partial charge on any atom is 0.222 e. The summed E-state index contributed by atoms with van der Waals surface area (Å²) in [5, 5.41) is 6.30. The molecule has 0 aromatic heterocycles. The van der Waals surface area contributed by atoms with Gasteiger partial charge in [-0.05, 0) is 19.4 Å². The Balaban J connectivity index is 1.75. The Morgan fingerprint density at radius 3 is 2.83 bits per heavy atom. The largest absolute Gasteiger partial charge is 0.352 e. The summed E-state index contributed by atoms with van der Waals surface area (Å²) < 4.78 is 0. The zero-order chi connectivity index (χ0) is 8.55. The lowest BCUT2D eigenvalue weighted by molar-refractivity contribution is -0.122. The van der Waals surface area contributed by atoms with Crippen molar-refractivity contribution in [2.24, 2.45) is 5.92 Å². The van der Waals surface area contributed by atoms with E-state index in [0.717, 1.165) is 25.9 Å². The van der Waals surface area contributed by atoms with Gasteiger partial charge in [0.25, 0.3) is 0 Å². The maximum absolute atomic E-state index is 11.4. The smallest absolute Gasteiger partial charge is 0.222 e. The van der Waals surface area contributed by atoms with Crippen LogP contribution in [-0.4, -0.2) is 32.9 Å². The Bertz CT molecular complexity index is 191. The minimum absolute atomic E-state index is 0.274. The molecule has 3 atom stereocenters. The number of carbonyl (C=O) groups is 1. The Morgan fingerprint density at radius 1 is 1.58 bits per heavy atom. The molecular weight excluding hydrogens is 151 g/mol. The van der Waals surface area contributed by atoms with Crippen molar-refractivity contribution in [2.45, 2.75) is 24.7 Å². The molecule has 66 valence electrons. The number of hydrogen-bond acceptors (Lipinski definition) is 2. The highest BCUT2D eigenvalue weighted by molar-refractivity contribution is 6.16. The quantitative estimate of drug-likeness (QED) is 0.511. The zero-order valence-electron chi connectivity index (χ0n) is 7.47. The second kappa shape index (κ2) is 3.09. The average molecular weight is 166 g/mol. The third kappa shape index (κ3) is 1.63. The lowest BCUT2D eigenvalue weighted by Gasteiger charge is -2.10. The van der Waals surface area contributed by atoms with Crippen LogP contribution < -0.4 is 10.6 Å². The summed E-state index contributed by atoms with van der Waals surface area (Å²) in [6.45, 7) is 2.00. The molecule has 0 aromatic rings. The van der Waals surface area contributed by atoms with Gasteiger partial charge >= 0.3 is 0 Å². The van der Waals surface area contributed by atoms with Crippen molar-refractivity contribution < 1.29 is 4.79 Å². The molecule has 1 amide bonds. The van der Waals surface area contributed by atoms with Crippen LogP contribution in [0.2, 0.25) is 5.82 Å². The van der Waals surface area contributed by atoms with E-state index >= 15 is 0 Å². The highest BCUT2D eigenvalue weighted by atomic mass is 16.2. The summed E-state index contributed by atoms with van der Waals surface area (Å²) in [5.41, 5.74) is 0. The molecule has 0 aromatic carbocycles. The van der Waals surface area contributed by atoms with Crippen LogP contribution >= 0.6 is 0 Å². The molecule has 1 heterocycles. The van der Waals surface area contributed by atoms with Crippen LogP contribution in [0.15, 0.2) is 0 Å². The normalized spacial score (nSPS) is 39.5. The second-order valence-corrected chi connectivity index (χ2v) is 4.02. The topological polar surface area (TPSA) is 41.1 Å². The molecule has 12 heavy (non-hydrogen) atoms. The van der Waals surface area contributed by atoms with E-state index in [-0.39, 0.29) is 5.91 Å². The van der Waals surface area contributed by atoms with E-state index in [0.29, 0.717) is 17.8 Å². The van der Waals surface area contributed by atoms with Gasteiger partial charge in [0.05, 0.1) is 0 Å². The Morgan fingerprint density at radius 2 is 2.33 bits per heavy atom. The van der Waals surface area contributed by atoms with Gasteiger partial charge in [0.1, 0.15) is 7.85 Å². The molecule has 3 nitrogen and oxygen atoms in total. The van der Waals surface area contributed by atoms with Crippen molar-refractivity contribution in [2.75, 3.05) is 13.1 Å². The number of nitrogens with one attached hydrogen (secondary N) is 2. The monoisotopic (exact) mass is 166 g/mol. The minimum Gasteiger partial charge on any atom is -0.352 e. The predicted octanol–water partition coefficient (Wildman–Crippen LogP) is -1.09. The first-order valence-corrected chi connectivity index (χ1v) is 4.78. The van der Waals surface area contributed by atoms with Gasteiger partial charge in [0.15, 0.2) is 0 Å². The third-order valence-electron chi connectivity index (χ3n) is 2.85. The molecule has 3 unspecified atom stereocenters. The van der Waals surface area contributed by atoms with Gasteiger partial charge in [-0.15, -0.1) is 0 Å². The number of hydrogen-bond donors (Lipinski definition) is 2. The molecular formula is C8H15BN2O. The van der Waals surface area contributed by atoms with Gasteiger partial charge in [-0.25, -0.2) is 0 Å². The molecule has 2 fully saturated rings. The highest BCUT2D eigenvalue weighted by Crippen LogP contribution is 2.41. The van der Waals surface area contributed by atoms with Gasteiger partial charge in [0, 0.05) is 18.5 Å². The van der Waals surface area contributed by atoms with Gasteiger partial charge in [0.2, 0.25) is 5.91 Å². The van der Waals surface area contributed by atoms with E-state index in [1.165, 1.54) is 0 Å². The highest BCUT2D eigenvalue weighted by Gasteiger charge is 2.39. The molecule has 0 bridgehead atoms. The van der Waals surface area contributed by atoms with Crippen molar-refractivity contribution in [3.8, 4) is 0 Å². The number of rotatable bonds is 2. The lowest BCUT2D eigenvalue weighted by Crippen LogP contribution is -2.37. The summed E-state index contributed by atoms with van der Waals surface area (Å²) in [7, 11) is 2.14. The fourth-order valence-corrected chi connectivity index (χ4v) is 1.77. The Hall–Kier alpha value is -0.505. The van der Waals surface area contributed by atoms with E-state index in [2.05, 4.69) is 18.5 Å². The molecule has 2 N–H and O–H groups in total. The fraction of sp³-hybridized carbons (Fsp3) is 0.875. The molecule has 1 aliphatic heterocycles. The molecule has 2 rings (SSSR count). The SMILES string of the molecule is BC1CC1C(=O)NC1CCNC1. The predicted molar refractivity (Wildman–Crippen MR) is 49.8 cm³/mol. The summed E-state index contributed by atoms with van der Waals surface area (Å²) >= 11 is 0. The van der Waals surface area contributed by atoms with Crippen molar-refractivity contribution in [3.63, 3.8) is 0 Å². The first-order chi connectivity index (χ1) is 5.77. The molecule has 2 aliphatic rings. The van der Waals surface area contributed by atoms with E-state index < -0.39 is 0 Å². The maximum atomic E-state index is 11.4. The Kier molecular flexibility index (Phi) is 2.09. The van der Waals surface area contributed by atoms with Crippen LogP contribution in [0.25, 0.3) is 0 Å². The summed E-state index contributed by atoms with van der Waals surface area (Å²) in [6.07, 6.45) is 2.18. The number of amides is 1. The van der Waals surface area contributed by atoms with Gasteiger partial charge in [-0.3, -0.25) is 4.79 Å². The summed E-state index contributed by atoms with van der Waals surface area (Å²) in [6, 6.07) is 0.394. The van der Waals surface area contributed by atoms with Crippen molar-refractivity contribution in [1.82, 2.24) is 10.6 Å². The third-order valence-corrected chi connectivity index (χ3v) is 2.85. The van der Waals surface area contributed by atoms with Crippen LogP contribution in [0.5, 0.6) is 0 Å². The molecule has 1 aliphatic carbocycles. The van der Waals surface area contributed by atoms with Crippen LogP contribution in [0.1, 0.15) is 12.8 Å². The molecule has 0 spiro atoms. The summed E-state index contributed by atoms with van der Waals surface area (Å²) in [4.78, 5) is 11.4. The van der Waals surface area contributed by atoms with Crippen LogP contribution in [0, 0.1) is 5.92 Å². The van der Waals surface area contributed by atoms with Crippen molar-refractivity contribution in [1.29, 1.82) is 0 Å². The zero-order valence-corrected chi connectivity index (χ0v) is 7.47. The van der Waals surface area contributed by atoms with E-state index in [4.69, 9.17) is 0 Å². The van der Waals surface area contributed by atoms with Gasteiger partial charge in [-0.1, -0.05) is 5.82 Å². The van der Waals surface area contributed by atoms with Crippen LogP contribution in [0.4, 0.5) is 0 Å². The van der Waals surface area contributed by atoms with Crippen LogP contribution in [-0.2, 0) is 4.79 Å². The minimum atomic E-state index is 0.274. The summed E-state index contributed by atoms with van der Waals surface area (Å²) in [5.74, 6) is 1.22. The molecule has 4 heteroatoms. The van der Waals surface area contributed by atoms with Crippen molar-refractivity contribution in [3.05, 3.63) is 0 Å². The van der Waals surface area contributed by atoms with E-state index in [1.54, 1.807) is 0 Å². The van der Waals surface area contributed by atoms with Gasteiger partial charge in [-0.2, -0.15) is 0 Å². The molecule has 1 saturated carbocycles. The first-order valence-electron chi connectivity index (χ1n) is 4.78. The first kappa shape index (κ1) is 8.11.